The normalized spacial score (nSPS) is 16.2. The van der Waals surface area contributed by atoms with E-state index >= 15 is 0 Å². The maximum atomic E-state index is 13.7. The first-order valence-corrected chi connectivity index (χ1v) is 10.5. The van der Waals surface area contributed by atoms with Gasteiger partial charge in [-0.2, -0.15) is 0 Å². The van der Waals surface area contributed by atoms with Crippen LogP contribution in [0, 0.1) is 11.2 Å². The first-order valence-electron chi connectivity index (χ1n) is 8.83. The van der Waals surface area contributed by atoms with Crippen LogP contribution in [0.25, 0.3) is 0 Å². The molecule has 1 aliphatic carbocycles. The maximum absolute atomic E-state index is 13.7. The number of sulfone groups is 1. The molecule has 1 aliphatic rings. The summed E-state index contributed by atoms with van der Waals surface area (Å²) in [6.45, 7) is 1.66. The molecule has 2 N–H and O–H groups in total. The number of nitrogens with zero attached hydrogens (tertiary/aromatic N) is 1. The van der Waals surface area contributed by atoms with Gasteiger partial charge in [0.1, 0.15) is 10.7 Å². The van der Waals surface area contributed by atoms with E-state index in [1.165, 1.54) is 24.6 Å². The van der Waals surface area contributed by atoms with Crippen LogP contribution in [0.15, 0.2) is 34.2 Å². The Morgan fingerprint density at radius 1 is 1.30 bits per heavy atom. The van der Waals surface area contributed by atoms with E-state index in [0.29, 0.717) is 5.96 Å². The molecule has 0 aromatic heterocycles. The second kappa shape index (κ2) is 11.2. The third-order valence-electron chi connectivity index (χ3n) is 4.94. The fourth-order valence-electron chi connectivity index (χ4n) is 3.11. The van der Waals surface area contributed by atoms with Crippen LogP contribution < -0.4 is 10.6 Å². The monoisotopic (exact) mass is 513 g/mol. The summed E-state index contributed by atoms with van der Waals surface area (Å²) in [6.07, 6.45) is 4.53. The Kier molecular flexibility index (Phi) is 9.96. The number of nitrogens with one attached hydrogen (secondary N) is 2. The fourth-order valence-corrected chi connectivity index (χ4v) is 4.35. The number of hydrogen-bond donors (Lipinski definition) is 2. The fraction of sp³-hybridized carbons (Fsp3) is 0.611. The van der Waals surface area contributed by atoms with Crippen molar-refractivity contribution >= 4 is 39.8 Å². The lowest BCUT2D eigenvalue weighted by molar-refractivity contribution is 0.0733. The van der Waals surface area contributed by atoms with Gasteiger partial charge in [-0.05, 0) is 36.8 Å². The van der Waals surface area contributed by atoms with Crippen molar-refractivity contribution in [1.29, 1.82) is 0 Å². The van der Waals surface area contributed by atoms with Gasteiger partial charge in [0.25, 0.3) is 0 Å². The topological polar surface area (TPSA) is 79.8 Å². The van der Waals surface area contributed by atoms with Crippen molar-refractivity contribution in [2.75, 3.05) is 39.6 Å². The van der Waals surface area contributed by atoms with E-state index < -0.39 is 15.7 Å². The summed E-state index contributed by atoms with van der Waals surface area (Å²) in [6, 6.07) is 5.42. The smallest absolute Gasteiger partial charge is 0.191 e. The summed E-state index contributed by atoms with van der Waals surface area (Å²) in [5, 5.41) is 6.27. The third kappa shape index (κ3) is 6.86. The largest absolute Gasteiger partial charge is 0.385 e. The quantitative estimate of drug-likeness (QED) is 0.302. The lowest BCUT2D eigenvalue weighted by Crippen LogP contribution is -2.47. The molecule has 0 amide bonds. The van der Waals surface area contributed by atoms with E-state index in [9.17, 15) is 12.8 Å². The molecule has 0 unspecified atom stereocenters. The van der Waals surface area contributed by atoms with Gasteiger partial charge >= 0.3 is 0 Å². The van der Waals surface area contributed by atoms with Crippen LogP contribution in [0.3, 0.4) is 0 Å². The van der Waals surface area contributed by atoms with Crippen molar-refractivity contribution < 1.29 is 17.5 Å². The number of halogens is 2. The Morgan fingerprint density at radius 2 is 2.00 bits per heavy atom. The van der Waals surface area contributed by atoms with E-state index in [0.717, 1.165) is 38.5 Å². The van der Waals surface area contributed by atoms with Crippen LogP contribution in [0.1, 0.15) is 25.7 Å². The summed E-state index contributed by atoms with van der Waals surface area (Å²) in [4.78, 5) is 3.87. The highest BCUT2D eigenvalue weighted by molar-refractivity contribution is 14.0. The van der Waals surface area contributed by atoms with Gasteiger partial charge in [0, 0.05) is 33.9 Å². The summed E-state index contributed by atoms with van der Waals surface area (Å²) < 4.78 is 43.4. The highest BCUT2D eigenvalue weighted by atomic mass is 127. The number of methoxy groups -OCH3 is 1. The van der Waals surface area contributed by atoms with E-state index in [1.54, 1.807) is 14.2 Å². The van der Waals surface area contributed by atoms with Gasteiger partial charge in [-0.1, -0.05) is 18.6 Å². The van der Waals surface area contributed by atoms with Crippen LogP contribution in [-0.2, 0) is 14.6 Å². The molecule has 6 nitrogen and oxygen atoms in total. The van der Waals surface area contributed by atoms with Crippen molar-refractivity contribution in [2.24, 2.45) is 10.4 Å². The highest BCUT2D eigenvalue weighted by Crippen LogP contribution is 2.43. The first-order chi connectivity index (χ1) is 12.4. The molecule has 9 heteroatoms. The standard InChI is InChI=1S/C18H28FN3O3S.HI/c1-20-17(22-14-18(8-5-9-18)10-12-25-2)21-11-13-26(23,24)16-7-4-3-6-15(16)19;/h3-4,6-7H,5,8-14H2,1-2H3,(H2,20,21,22);1H. The average Bonchev–Trinajstić information content (AvgIpc) is 2.59. The first kappa shape index (κ1) is 24.1. The molecule has 1 fully saturated rings. The molecular formula is C18H29FIN3O3S. The Morgan fingerprint density at radius 3 is 2.56 bits per heavy atom. The SMILES string of the molecule is CN=C(NCCS(=O)(=O)c1ccccc1F)NCC1(CCOC)CCC1.I. The van der Waals surface area contributed by atoms with Gasteiger partial charge in [0.15, 0.2) is 15.8 Å². The van der Waals surface area contributed by atoms with Gasteiger partial charge in [-0.3, -0.25) is 4.99 Å². The summed E-state index contributed by atoms with van der Waals surface area (Å²) in [5.41, 5.74) is 0.229. The Labute approximate surface area is 178 Å². The average molecular weight is 513 g/mol. The molecule has 0 spiro atoms. The predicted octanol–water partition coefficient (Wildman–Crippen LogP) is 2.59. The molecule has 1 aromatic carbocycles. The maximum Gasteiger partial charge on any atom is 0.191 e. The van der Waals surface area contributed by atoms with Gasteiger partial charge in [-0.25, -0.2) is 12.8 Å². The molecular weight excluding hydrogens is 484 g/mol. The number of guanidine groups is 1. The van der Waals surface area contributed by atoms with Crippen molar-refractivity contribution in [3.63, 3.8) is 0 Å². The molecule has 0 bridgehead atoms. The van der Waals surface area contributed by atoms with Gasteiger partial charge in [-0.15, -0.1) is 24.0 Å². The zero-order valence-electron chi connectivity index (χ0n) is 15.8. The van der Waals surface area contributed by atoms with E-state index in [4.69, 9.17) is 4.74 Å². The molecule has 0 aliphatic heterocycles. The van der Waals surface area contributed by atoms with E-state index in [-0.39, 0.29) is 46.6 Å². The Balaban J connectivity index is 0.00000364. The lowest BCUT2D eigenvalue weighted by atomic mass is 9.67. The molecule has 27 heavy (non-hydrogen) atoms. The number of hydrogen-bond acceptors (Lipinski definition) is 4. The Bertz CT molecular complexity index is 724. The molecule has 0 heterocycles. The van der Waals surface area contributed by atoms with Crippen LogP contribution in [0.5, 0.6) is 0 Å². The van der Waals surface area contributed by atoms with Crippen molar-refractivity contribution in [3.05, 3.63) is 30.1 Å². The van der Waals surface area contributed by atoms with Gasteiger partial charge in [0.05, 0.1) is 5.75 Å². The predicted molar refractivity (Wildman–Crippen MR) is 116 cm³/mol. The molecule has 1 saturated carbocycles. The molecule has 0 saturated heterocycles. The Hall–Kier alpha value is -0.940. The highest BCUT2D eigenvalue weighted by Gasteiger charge is 2.36. The third-order valence-corrected chi connectivity index (χ3v) is 6.68. The van der Waals surface area contributed by atoms with Crippen molar-refractivity contribution in [3.8, 4) is 0 Å². The van der Waals surface area contributed by atoms with Gasteiger partial charge in [0.2, 0.25) is 0 Å². The van der Waals surface area contributed by atoms with E-state index in [1.807, 2.05) is 0 Å². The van der Waals surface area contributed by atoms with Crippen molar-refractivity contribution in [1.82, 2.24) is 10.6 Å². The van der Waals surface area contributed by atoms with Gasteiger partial charge < -0.3 is 15.4 Å². The number of benzene rings is 1. The second-order valence-corrected chi connectivity index (χ2v) is 8.78. The minimum absolute atomic E-state index is 0. The minimum atomic E-state index is -3.68. The summed E-state index contributed by atoms with van der Waals surface area (Å²) >= 11 is 0. The minimum Gasteiger partial charge on any atom is -0.385 e. The zero-order valence-corrected chi connectivity index (χ0v) is 19.0. The van der Waals surface area contributed by atoms with Crippen LogP contribution in [0.4, 0.5) is 4.39 Å². The van der Waals surface area contributed by atoms with E-state index in [2.05, 4.69) is 15.6 Å². The van der Waals surface area contributed by atoms with Crippen LogP contribution in [-0.4, -0.2) is 54.0 Å². The number of ether oxygens (including phenoxy) is 1. The van der Waals surface area contributed by atoms with Crippen LogP contribution >= 0.6 is 24.0 Å². The number of rotatable bonds is 9. The zero-order chi connectivity index (χ0) is 19.0. The molecule has 0 atom stereocenters. The molecule has 1 aromatic rings. The second-order valence-electron chi connectivity index (χ2n) is 6.70. The number of aliphatic imine (C=N–C) groups is 1. The summed E-state index contributed by atoms with van der Waals surface area (Å²) in [7, 11) is -0.334. The molecule has 2 rings (SSSR count). The molecule has 0 radical (unpaired) electrons. The van der Waals surface area contributed by atoms with Crippen molar-refractivity contribution in [2.45, 2.75) is 30.6 Å². The molecule has 154 valence electrons. The van der Waals surface area contributed by atoms with Crippen LogP contribution in [0.2, 0.25) is 0 Å². The summed E-state index contributed by atoms with van der Waals surface area (Å²) in [5.74, 6) is -0.374. The lowest BCUT2D eigenvalue weighted by Gasteiger charge is -2.42.